The SMILES string of the molecule is CCCOc1cc(C)c(CCC(=O)OC)c(C)c1. The second kappa shape index (κ2) is 7.04. The second-order valence-electron chi connectivity index (χ2n) is 4.46. The quantitative estimate of drug-likeness (QED) is 0.727. The van der Waals surface area contributed by atoms with E-state index < -0.39 is 0 Å². The Kier molecular flexibility index (Phi) is 5.69. The van der Waals surface area contributed by atoms with Crippen molar-refractivity contribution < 1.29 is 14.3 Å². The first kappa shape index (κ1) is 14.6. The van der Waals surface area contributed by atoms with Crippen molar-refractivity contribution in [3.05, 3.63) is 28.8 Å². The zero-order chi connectivity index (χ0) is 13.5. The highest BCUT2D eigenvalue weighted by Gasteiger charge is 2.08. The molecule has 0 saturated heterocycles. The summed E-state index contributed by atoms with van der Waals surface area (Å²) in [6.07, 6.45) is 2.15. The maximum atomic E-state index is 11.2. The van der Waals surface area contributed by atoms with Crippen LogP contribution in [0.5, 0.6) is 5.75 Å². The Morgan fingerprint density at radius 1 is 1.22 bits per heavy atom. The number of methoxy groups -OCH3 is 1. The number of hydrogen-bond acceptors (Lipinski definition) is 3. The highest BCUT2D eigenvalue weighted by atomic mass is 16.5. The maximum Gasteiger partial charge on any atom is 0.305 e. The standard InChI is InChI=1S/C15H22O3/c1-5-8-18-13-9-11(2)14(12(3)10-13)6-7-15(16)17-4/h9-10H,5-8H2,1-4H3. The van der Waals surface area contributed by atoms with E-state index in [1.165, 1.54) is 23.8 Å². The molecule has 0 N–H and O–H groups in total. The van der Waals surface area contributed by atoms with Crippen LogP contribution in [0.1, 0.15) is 36.5 Å². The highest BCUT2D eigenvalue weighted by molar-refractivity contribution is 5.69. The molecule has 0 amide bonds. The van der Waals surface area contributed by atoms with Crippen LogP contribution in [-0.4, -0.2) is 19.7 Å². The van der Waals surface area contributed by atoms with Gasteiger partial charge in [0.25, 0.3) is 0 Å². The monoisotopic (exact) mass is 250 g/mol. The number of esters is 1. The normalized spacial score (nSPS) is 10.2. The molecule has 0 spiro atoms. The molecule has 0 heterocycles. The Morgan fingerprint density at radius 2 is 1.83 bits per heavy atom. The lowest BCUT2D eigenvalue weighted by Gasteiger charge is -2.13. The minimum Gasteiger partial charge on any atom is -0.494 e. The number of benzene rings is 1. The van der Waals surface area contributed by atoms with E-state index in [-0.39, 0.29) is 5.97 Å². The van der Waals surface area contributed by atoms with Gasteiger partial charge >= 0.3 is 5.97 Å². The van der Waals surface area contributed by atoms with Gasteiger partial charge in [-0.3, -0.25) is 4.79 Å². The average molecular weight is 250 g/mol. The van der Waals surface area contributed by atoms with E-state index in [4.69, 9.17) is 4.74 Å². The van der Waals surface area contributed by atoms with Crippen molar-refractivity contribution in [2.24, 2.45) is 0 Å². The van der Waals surface area contributed by atoms with Crippen molar-refractivity contribution in [1.82, 2.24) is 0 Å². The molecule has 3 heteroatoms. The first-order chi connectivity index (χ1) is 8.58. The third-order valence-corrected chi connectivity index (χ3v) is 2.95. The van der Waals surface area contributed by atoms with Crippen molar-refractivity contribution in [2.45, 2.75) is 40.0 Å². The van der Waals surface area contributed by atoms with Gasteiger partial charge in [0.1, 0.15) is 5.75 Å². The Balaban J connectivity index is 2.77. The predicted octanol–water partition coefficient (Wildman–Crippen LogP) is 3.20. The zero-order valence-corrected chi connectivity index (χ0v) is 11.7. The van der Waals surface area contributed by atoms with Crippen molar-refractivity contribution in [3.8, 4) is 5.75 Å². The largest absolute Gasteiger partial charge is 0.494 e. The zero-order valence-electron chi connectivity index (χ0n) is 11.7. The Hall–Kier alpha value is -1.51. The molecule has 1 aromatic carbocycles. The molecule has 18 heavy (non-hydrogen) atoms. The number of carbonyl (C=O) groups excluding carboxylic acids is 1. The molecule has 1 aromatic rings. The van der Waals surface area contributed by atoms with E-state index in [0.717, 1.165) is 25.2 Å². The number of ether oxygens (including phenoxy) is 2. The molecule has 0 bridgehead atoms. The third kappa shape index (κ3) is 4.06. The minimum absolute atomic E-state index is 0.167. The van der Waals surface area contributed by atoms with Crippen LogP contribution in [0.25, 0.3) is 0 Å². The summed E-state index contributed by atoms with van der Waals surface area (Å²) in [6, 6.07) is 4.07. The Labute approximate surface area is 109 Å². The van der Waals surface area contributed by atoms with E-state index >= 15 is 0 Å². The molecular formula is C15H22O3. The fourth-order valence-electron chi connectivity index (χ4n) is 1.98. The van der Waals surface area contributed by atoms with Gasteiger partial charge in [0.15, 0.2) is 0 Å². The van der Waals surface area contributed by atoms with Crippen molar-refractivity contribution in [2.75, 3.05) is 13.7 Å². The summed E-state index contributed by atoms with van der Waals surface area (Å²) in [5.41, 5.74) is 3.55. The molecule has 0 fully saturated rings. The molecule has 0 aliphatic carbocycles. The Bertz CT molecular complexity index is 387. The fraction of sp³-hybridized carbons (Fsp3) is 0.533. The molecule has 3 nitrogen and oxygen atoms in total. The van der Waals surface area contributed by atoms with E-state index in [1.807, 2.05) is 12.1 Å². The van der Waals surface area contributed by atoms with Gasteiger partial charge < -0.3 is 9.47 Å². The van der Waals surface area contributed by atoms with Gasteiger partial charge in [0, 0.05) is 6.42 Å². The number of aryl methyl sites for hydroxylation is 2. The lowest BCUT2D eigenvalue weighted by Crippen LogP contribution is -2.05. The van der Waals surface area contributed by atoms with E-state index in [9.17, 15) is 4.79 Å². The molecule has 0 atom stereocenters. The Morgan fingerprint density at radius 3 is 2.33 bits per heavy atom. The van der Waals surface area contributed by atoms with Crippen LogP contribution in [0.2, 0.25) is 0 Å². The molecule has 0 unspecified atom stereocenters. The van der Waals surface area contributed by atoms with Gasteiger partial charge in [0.2, 0.25) is 0 Å². The van der Waals surface area contributed by atoms with Crippen molar-refractivity contribution in [1.29, 1.82) is 0 Å². The van der Waals surface area contributed by atoms with Crippen molar-refractivity contribution >= 4 is 5.97 Å². The molecular weight excluding hydrogens is 228 g/mol. The first-order valence-electron chi connectivity index (χ1n) is 6.38. The molecule has 0 aliphatic heterocycles. The van der Waals surface area contributed by atoms with Gasteiger partial charge in [-0.25, -0.2) is 0 Å². The van der Waals surface area contributed by atoms with Gasteiger partial charge in [-0.2, -0.15) is 0 Å². The maximum absolute atomic E-state index is 11.2. The molecule has 0 radical (unpaired) electrons. The summed E-state index contributed by atoms with van der Waals surface area (Å²) in [5, 5.41) is 0. The van der Waals surface area contributed by atoms with Gasteiger partial charge in [-0.15, -0.1) is 0 Å². The summed E-state index contributed by atoms with van der Waals surface area (Å²) in [6.45, 7) is 6.93. The fourth-order valence-corrected chi connectivity index (χ4v) is 1.98. The van der Waals surface area contributed by atoms with Crippen molar-refractivity contribution in [3.63, 3.8) is 0 Å². The van der Waals surface area contributed by atoms with E-state index in [2.05, 4.69) is 25.5 Å². The van der Waals surface area contributed by atoms with Crippen LogP contribution >= 0.6 is 0 Å². The lowest BCUT2D eigenvalue weighted by atomic mass is 9.98. The molecule has 1 rings (SSSR count). The number of hydrogen-bond donors (Lipinski definition) is 0. The van der Waals surface area contributed by atoms with Crippen LogP contribution in [0.3, 0.4) is 0 Å². The van der Waals surface area contributed by atoms with Crippen LogP contribution in [0, 0.1) is 13.8 Å². The topological polar surface area (TPSA) is 35.5 Å². The summed E-state index contributed by atoms with van der Waals surface area (Å²) >= 11 is 0. The summed E-state index contributed by atoms with van der Waals surface area (Å²) in [5.74, 6) is 0.744. The summed E-state index contributed by atoms with van der Waals surface area (Å²) in [7, 11) is 1.42. The van der Waals surface area contributed by atoms with Crippen LogP contribution in [0.15, 0.2) is 12.1 Å². The summed E-state index contributed by atoms with van der Waals surface area (Å²) < 4.78 is 10.3. The summed E-state index contributed by atoms with van der Waals surface area (Å²) in [4.78, 5) is 11.2. The smallest absolute Gasteiger partial charge is 0.305 e. The number of carbonyl (C=O) groups is 1. The van der Waals surface area contributed by atoms with Gasteiger partial charge in [-0.05, 0) is 55.5 Å². The van der Waals surface area contributed by atoms with E-state index in [0.29, 0.717) is 6.42 Å². The molecule has 0 saturated carbocycles. The average Bonchev–Trinajstić information content (AvgIpc) is 2.34. The molecule has 100 valence electrons. The third-order valence-electron chi connectivity index (χ3n) is 2.95. The second-order valence-corrected chi connectivity index (χ2v) is 4.46. The molecule has 0 aliphatic rings. The minimum atomic E-state index is -0.167. The highest BCUT2D eigenvalue weighted by Crippen LogP contribution is 2.23. The van der Waals surface area contributed by atoms with Gasteiger partial charge in [0.05, 0.1) is 13.7 Å². The van der Waals surface area contributed by atoms with Crippen LogP contribution in [-0.2, 0) is 16.0 Å². The number of rotatable bonds is 6. The predicted molar refractivity (Wildman–Crippen MR) is 72.0 cm³/mol. The van der Waals surface area contributed by atoms with Crippen LogP contribution < -0.4 is 4.74 Å². The lowest BCUT2D eigenvalue weighted by molar-refractivity contribution is -0.140. The first-order valence-corrected chi connectivity index (χ1v) is 6.38. The van der Waals surface area contributed by atoms with E-state index in [1.54, 1.807) is 0 Å². The van der Waals surface area contributed by atoms with Crippen LogP contribution in [0.4, 0.5) is 0 Å². The molecule has 0 aromatic heterocycles. The van der Waals surface area contributed by atoms with Gasteiger partial charge in [-0.1, -0.05) is 6.92 Å².